The van der Waals surface area contributed by atoms with E-state index in [1.165, 1.54) is 15.4 Å². The van der Waals surface area contributed by atoms with Crippen LogP contribution in [0.2, 0.25) is 0 Å². The van der Waals surface area contributed by atoms with Crippen molar-refractivity contribution >= 4 is 69.2 Å². The molecule has 5 rings (SSSR count). The maximum Gasteiger partial charge on any atom is 0.270 e. The van der Waals surface area contributed by atoms with Gasteiger partial charge >= 0.3 is 0 Å². The maximum atomic E-state index is 13.8. The highest BCUT2D eigenvalue weighted by Gasteiger charge is 2.41. The number of methoxy groups -OCH3 is 1. The monoisotopic (exact) mass is 660 g/mol. The van der Waals surface area contributed by atoms with Crippen molar-refractivity contribution < 1.29 is 19.1 Å². The van der Waals surface area contributed by atoms with Crippen molar-refractivity contribution in [3.05, 3.63) is 123 Å². The summed E-state index contributed by atoms with van der Waals surface area (Å²) in [7, 11) is 1.56. The number of hydrogen-bond acceptors (Lipinski definition) is 5. The molecule has 0 atom stereocenters. The zero-order valence-corrected chi connectivity index (χ0v) is 24.8. The molecule has 0 saturated carbocycles. The van der Waals surface area contributed by atoms with Crippen LogP contribution in [-0.4, -0.2) is 24.0 Å². The first-order valence-electron chi connectivity index (χ1n) is 12.5. The highest BCUT2D eigenvalue weighted by molar-refractivity contribution is 14.1. The summed E-state index contributed by atoms with van der Waals surface area (Å²) in [6.45, 7) is 2.41. The summed E-state index contributed by atoms with van der Waals surface area (Å²) in [6, 6.07) is 29.9. The number of carbonyl (C=O) groups excluding carboxylic acids is 2. The van der Waals surface area contributed by atoms with Gasteiger partial charge in [0.15, 0.2) is 16.6 Å². The van der Waals surface area contributed by atoms with E-state index in [9.17, 15) is 9.59 Å². The lowest BCUT2D eigenvalue weighted by atomic mass is 10.0. The van der Waals surface area contributed by atoms with Crippen LogP contribution in [0.5, 0.6) is 11.5 Å². The van der Waals surface area contributed by atoms with E-state index in [0.717, 1.165) is 9.13 Å². The van der Waals surface area contributed by atoms with Crippen LogP contribution < -0.4 is 19.3 Å². The number of para-hydroxylation sites is 2. The summed E-state index contributed by atoms with van der Waals surface area (Å²) in [4.78, 5) is 30.3. The lowest BCUT2D eigenvalue weighted by molar-refractivity contribution is -0.120. The van der Waals surface area contributed by atoms with Gasteiger partial charge in [0, 0.05) is 0 Å². The lowest BCUT2D eigenvalue weighted by Gasteiger charge is -2.36. The topological polar surface area (TPSA) is 59.1 Å². The van der Waals surface area contributed by atoms with Gasteiger partial charge in [0.1, 0.15) is 12.2 Å². The van der Waals surface area contributed by atoms with E-state index in [4.69, 9.17) is 21.7 Å². The molecule has 0 unspecified atom stereocenters. The number of aryl methyl sites for hydroxylation is 1. The van der Waals surface area contributed by atoms with Gasteiger partial charge in [-0.1, -0.05) is 66.2 Å². The summed E-state index contributed by atoms with van der Waals surface area (Å²) in [5.41, 5.74) is 3.96. The molecule has 8 heteroatoms. The summed E-state index contributed by atoms with van der Waals surface area (Å²) >= 11 is 7.86. The van der Waals surface area contributed by atoms with E-state index in [1.54, 1.807) is 43.5 Å². The van der Waals surface area contributed by atoms with Crippen LogP contribution in [0.25, 0.3) is 6.08 Å². The first kappa shape index (κ1) is 27.5. The molecule has 1 saturated heterocycles. The second-order valence-electron chi connectivity index (χ2n) is 9.10. The van der Waals surface area contributed by atoms with E-state index in [0.29, 0.717) is 35.0 Å². The van der Waals surface area contributed by atoms with Crippen molar-refractivity contribution in [2.45, 2.75) is 13.5 Å². The van der Waals surface area contributed by atoms with Gasteiger partial charge in [-0.05, 0) is 95.3 Å². The molecule has 6 nitrogen and oxygen atoms in total. The van der Waals surface area contributed by atoms with Crippen molar-refractivity contribution in [2.24, 2.45) is 0 Å². The average molecular weight is 661 g/mol. The van der Waals surface area contributed by atoms with Crippen molar-refractivity contribution in [1.29, 1.82) is 0 Å². The molecule has 0 aromatic heterocycles. The fourth-order valence-electron chi connectivity index (χ4n) is 4.31. The number of rotatable bonds is 7. The first-order chi connectivity index (χ1) is 19.4. The number of halogens is 1. The summed E-state index contributed by atoms with van der Waals surface area (Å²) < 4.78 is 12.5. The van der Waals surface area contributed by atoms with Crippen molar-refractivity contribution in [2.75, 3.05) is 16.9 Å². The van der Waals surface area contributed by atoms with Gasteiger partial charge in [0.05, 0.1) is 22.1 Å². The van der Waals surface area contributed by atoms with Crippen LogP contribution in [0.3, 0.4) is 0 Å². The van der Waals surface area contributed by atoms with E-state index in [1.807, 2.05) is 73.7 Å². The predicted molar refractivity (Wildman–Crippen MR) is 170 cm³/mol. The summed E-state index contributed by atoms with van der Waals surface area (Å²) in [6.07, 6.45) is 1.58. The number of benzene rings is 4. The fourth-order valence-corrected chi connectivity index (χ4v) is 5.47. The second kappa shape index (κ2) is 12.0. The van der Waals surface area contributed by atoms with Crippen molar-refractivity contribution in [3.8, 4) is 11.5 Å². The van der Waals surface area contributed by atoms with Gasteiger partial charge in [-0.3, -0.25) is 19.4 Å². The molecule has 1 fully saturated rings. The lowest BCUT2D eigenvalue weighted by Crippen LogP contribution is -2.56. The largest absolute Gasteiger partial charge is 0.493 e. The molecular weight excluding hydrogens is 635 g/mol. The minimum atomic E-state index is -0.498. The molecule has 4 aromatic rings. The van der Waals surface area contributed by atoms with Crippen molar-refractivity contribution in [3.63, 3.8) is 0 Å². The minimum Gasteiger partial charge on any atom is -0.493 e. The maximum absolute atomic E-state index is 13.8. The highest BCUT2D eigenvalue weighted by Crippen LogP contribution is 2.36. The molecule has 1 aliphatic rings. The third kappa shape index (κ3) is 5.64. The van der Waals surface area contributed by atoms with Gasteiger partial charge in [0.2, 0.25) is 0 Å². The number of carbonyl (C=O) groups is 2. The molecule has 0 aliphatic carbocycles. The summed E-state index contributed by atoms with van der Waals surface area (Å²) in [5, 5.41) is 0.0940. The number of thiocarbonyl (C=S) groups is 1. The smallest absolute Gasteiger partial charge is 0.270 e. The molecule has 0 N–H and O–H groups in total. The zero-order chi connectivity index (χ0) is 28.2. The Morgan fingerprint density at radius 1 is 0.825 bits per heavy atom. The van der Waals surface area contributed by atoms with Crippen LogP contribution in [-0.2, 0) is 16.2 Å². The van der Waals surface area contributed by atoms with Crippen LogP contribution in [0.1, 0.15) is 16.7 Å². The molecule has 4 aromatic carbocycles. The quantitative estimate of drug-likeness (QED) is 0.0932. The third-order valence-corrected chi connectivity index (χ3v) is 7.51. The van der Waals surface area contributed by atoms with Gasteiger partial charge < -0.3 is 9.47 Å². The van der Waals surface area contributed by atoms with Crippen LogP contribution >= 0.6 is 34.8 Å². The van der Waals surface area contributed by atoms with E-state index >= 15 is 0 Å². The third-order valence-electron chi connectivity index (χ3n) is 6.34. The van der Waals surface area contributed by atoms with Crippen LogP contribution in [0.4, 0.5) is 11.4 Å². The standard InChI is InChI=1S/C32H25IN2O4S/c1-21-13-15-22(16-14-21)20-39-29-27(33)18-23(19-28(29)38-2)17-26-30(36)34(24-9-5-3-6-10-24)32(40)35(31(26)37)25-11-7-4-8-12-25/h3-19H,20H2,1-2H3. The number of hydrogen-bond donors (Lipinski definition) is 0. The predicted octanol–water partition coefficient (Wildman–Crippen LogP) is 6.94. The molecular formula is C32H25IN2O4S. The SMILES string of the molecule is COc1cc(C=C2C(=O)N(c3ccccc3)C(=S)N(c3ccccc3)C2=O)cc(I)c1OCc1ccc(C)cc1. The minimum absolute atomic E-state index is 0.0208. The number of ether oxygens (including phenoxy) is 2. The fraction of sp³-hybridized carbons (Fsp3) is 0.0938. The zero-order valence-electron chi connectivity index (χ0n) is 21.8. The number of amides is 2. The van der Waals surface area contributed by atoms with Crippen LogP contribution in [0.15, 0.2) is 103 Å². The highest BCUT2D eigenvalue weighted by atomic mass is 127. The number of anilines is 2. The van der Waals surface area contributed by atoms with Crippen LogP contribution in [0, 0.1) is 10.5 Å². The molecule has 0 bridgehead atoms. The van der Waals surface area contributed by atoms with E-state index < -0.39 is 11.8 Å². The van der Waals surface area contributed by atoms with Crippen molar-refractivity contribution in [1.82, 2.24) is 0 Å². The summed E-state index contributed by atoms with van der Waals surface area (Å²) in [5.74, 6) is 0.0890. The molecule has 40 heavy (non-hydrogen) atoms. The Morgan fingerprint density at radius 2 is 1.38 bits per heavy atom. The van der Waals surface area contributed by atoms with E-state index in [-0.39, 0.29) is 10.7 Å². The molecule has 2 amide bonds. The molecule has 1 aliphatic heterocycles. The normalized spacial score (nSPS) is 13.5. The molecule has 200 valence electrons. The number of nitrogens with zero attached hydrogens (tertiary/aromatic N) is 2. The van der Waals surface area contributed by atoms with E-state index in [2.05, 4.69) is 22.6 Å². The average Bonchev–Trinajstić information content (AvgIpc) is 2.96. The molecule has 1 heterocycles. The Balaban J connectivity index is 1.53. The van der Waals surface area contributed by atoms with Gasteiger partial charge in [0.25, 0.3) is 11.8 Å². The Kier molecular flexibility index (Phi) is 8.27. The van der Waals surface area contributed by atoms with Gasteiger partial charge in [-0.25, -0.2) is 0 Å². The first-order valence-corrected chi connectivity index (χ1v) is 14.0. The Morgan fingerprint density at radius 3 is 1.90 bits per heavy atom. The van der Waals surface area contributed by atoms with Gasteiger partial charge in [-0.2, -0.15) is 0 Å². The Labute approximate surface area is 252 Å². The van der Waals surface area contributed by atoms with Gasteiger partial charge in [-0.15, -0.1) is 0 Å². The second-order valence-corrected chi connectivity index (χ2v) is 10.6. The Hall–Kier alpha value is -4.02. The molecule has 0 spiro atoms. The Bertz CT molecular complexity index is 1540. The molecule has 0 radical (unpaired) electrons.